The SMILES string of the molecule is CCOc1ccc(/C=C/C(=O)O[C@@H]2CC[C@]3(CO3)[C@@H](C3(C)OC3CC=C(C)C)[C@@H]2OC)cc1OC. The molecule has 1 spiro atoms. The van der Waals surface area contributed by atoms with Gasteiger partial charge in [0.2, 0.25) is 0 Å². The number of epoxide rings is 2. The summed E-state index contributed by atoms with van der Waals surface area (Å²) in [4.78, 5) is 12.8. The fraction of sp³-hybridized carbons (Fsp3) is 0.607. The van der Waals surface area contributed by atoms with E-state index in [4.69, 9.17) is 28.4 Å². The van der Waals surface area contributed by atoms with E-state index in [0.717, 1.165) is 18.4 Å². The molecule has 2 saturated heterocycles. The molecule has 0 radical (unpaired) electrons. The van der Waals surface area contributed by atoms with E-state index < -0.39 is 5.97 Å². The molecule has 1 saturated carbocycles. The van der Waals surface area contributed by atoms with Crippen LogP contribution in [0, 0.1) is 5.92 Å². The van der Waals surface area contributed by atoms with Crippen LogP contribution >= 0.6 is 0 Å². The van der Waals surface area contributed by atoms with Gasteiger partial charge in [0.15, 0.2) is 11.5 Å². The number of hydrogen-bond acceptors (Lipinski definition) is 7. The third-order valence-corrected chi connectivity index (χ3v) is 7.40. The summed E-state index contributed by atoms with van der Waals surface area (Å²) in [6.07, 6.45) is 7.21. The molecule has 2 heterocycles. The smallest absolute Gasteiger partial charge is 0.331 e. The molecular weight excluding hydrogens is 448 g/mol. The van der Waals surface area contributed by atoms with Gasteiger partial charge in [-0.1, -0.05) is 17.7 Å². The predicted molar refractivity (Wildman–Crippen MR) is 133 cm³/mol. The molecular formula is C28H38O7. The lowest BCUT2D eigenvalue weighted by atomic mass is 9.68. The van der Waals surface area contributed by atoms with Crippen molar-refractivity contribution >= 4 is 12.0 Å². The first-order chi connectivity index (χ1) is 16.8. The van der Waals surface area contributed by atoms with Crippen LogP contribution in [-0.2, 0) is 23.7 Å². The fourth-order valence-electron chi connectivity index (χ4n) is 5.49. The zero-order chi connectivity index (χ0) is 25.2. The van der Waals surface area contributed by atoms with Crippen molar-refractivity contribution in [1.82, 2.24) is 0 Å². The molecule has 6 atom stereocenters. The topological polar surface area (TPSA) is 79.1 Å². The average molecular weight is 487 g/mol. The molecule has 0 aromatic heterocycles. The summed E-state index contributed by atoms with van der Waals surface area (Å²) in [5.41, 5.74) is 1.49. The number of rotatable bonds is 10. The summed E-state index contributed by atoms with van der Waals surface area (Å²) in [6, 6.07) is 5.53. The minimum atomic E-state index is -0.403. The Bertz CT molecular complexity index is 976. The fourth-order valence-corrected chi connectivity index (χ4v) is 5.49. The highest BCUT2D eigenvalue weighted by Gasteiger charge is 2.72. The Kier molecular flexibility index (Phi) is 7.60. The maximum Gasteiger partial charge on any atom is 0.331 e. The third kappa shape index (κ3) is 5.42. The lowest BCUT2D eigenvalue weighted by Crippen LogP contribution is -2.55. The van der Waals surface area contributed by atoms with Crippen molar-refractivity contribution in [2.45, 2.75) is 76.5 Å². The largest absolute Gasteiger partial charge is 0.493 e. The normalized spacial score (nSPS) is 33.4. The van der Waals surface area contributed by atoms with Gasteiger partial charge in [-0.2, -0.15) is 0 Å². The van der Waals surface area contributed by atoms with Gasteiger partial charge in [0.25, 0.3) is 0 Å². The van der Waals surface area contributed by atoms with Crippen molar-refractivity contribution in [2.75, 3.05) is 27.4 Å². The Morgan fingerprint density at radius 3 is 2.63 bits per heavy atom. The maximum absolute atomic E-state index is 12.8. The zero-order valence-electron chi connectivity index (χ0n) is 21.7. The predicted octanol–water partition coefficient (Wildman–Crippen LogP) is 4.73. The van der Waals surface area contributed by atoms with Gasteiger partial charge in [0.1, 0.15) is 23.4 Å². The first kappa shape index (κ1) is 25.7. The maximum atomic E-state index is 12.8. The van der Waals surface area contributed by atoms with E-state index in [2.05, 4.69) is 26.8 Å². The second-order valence-electron chi connectivity index (χ2n) is 10.0. The molecule has 35 heavy (non-hydrogen) atoms. The van der Waals surface area contributed by atoms with E-state index in [1.54, 1.807) is 20.3 Å². The van der Waals surface area contributed by atoms with Gasteiger partial charge < -0.3 is 28.4 Å². The molecule has 2 unspecified atom stereocenters. The summed E-state index contributed by atoms with van der Waals surface area (Å²) in [7, 11) is 3.27. The molecule has 2 aliphatic heterocycles. The van der Waals surface area contributed by atoms with Gasteiger partial charge >= 0.3 is 5.97 Å². The van der Waals surface area contributed by atoms with Gasteiger partial charge in [0.05, 0.1) is 32.3 Å². The van der Waals surface area contributed by atoms with Gasteiger partial charge in [-0.15, -0.1) is 0 Å². The molecule has 1 aliphatic carbocycles. The minimum absolute atomic E-state index is 0.00135. The molecule has 7 nitrogen and oxygen atoms in total. The van der Waals surface area contributed by atoms with Crippen molar-refractivity contribution in [2.24, 2.45) is 5.92 Å². The molecule has 1 aromatic rings. The van der Waals surface area contributed by atoms with E-state index in [1.165, 1.54) is 11.6 Å². The van der Waals surface area contributed by atoms with Crippen LogP contribution in [-0.4, -0.2) is 62.9 Å². The summed E-state index contributed by atoms with van der Waals surface area (Å²) in [5.74, 6) is 0.883. The first-order valence-electron chi connectivity index (χ1n) is 12.4. The van der Waals surface area contributed by atoms with Crippen LogP contribution < -0.4 is 9.47 Å². The van der Waals surface area contributed by atoms with Gasteiger partial charge in [-0.05, 0) is 70.7 Å². The Balaban J connectivity index is 1.44. The van der Waals surface area contributed by atoms with Crippen LogP contribution in [0.5, 0.6) is 11.5 Å². The number of esters is 1. The molecule has 192 valence electrons. The van der Waals surface area contributed by atoms with Crippen molar-refractivity contribution in [3.05, 3.63) is 41.5 Å². The number of carbonyl (C=O) groups is 1. The van der Waals surface area contributed by atoms with Gasteiger partial charge in [-0.3, -0.25) is 0 Å². The molecule has 3 aliphatic rings. The summed E-state index contributed by atoms with van der Waals surface area (Å²) in [5, 5.41) is 0. The van der Waals surface area contributed by atoms with Crippen molar-refractivity contribution in [3.8, 4) is 11.5 Å². The highest BCUT2D eigenvalue weighted by atomic mass is 16.6. The summed E-state index contributed by atoms with van der Waals surface area (Å²) >= 11 is 0. The summed E-state index contributed by atoms with van der Waals surface area (Å²) in [6.45, 7) is 9.49. The highest BCUT2D eigenvalue weighted by molar-refractivity contribution is 5.87. The molecule has 4 rings (SSSR count). The summed E-state index contributed by atoms with van der Waals surface area (Å²) < 4.78 is 35.0. The zero-order valence-corrected chi connectivity index (χ0v) is 21.7. The van der Waals surface area contributed by atoms with E-state index in [0.29, 0.717) is 31.1 Å². The number of carbonyl (C=O) groups excluding carboxylic acids is 1. The minimum Gasteiger partial charge on any atom is -0.493 e. The second kappa shape index (κ2) is 10.3. The molecule has 1 aromatic carbocycles. The number of ether oxygens (including phenoxy) is 6. The lowest BCUT2D eigenvalue weighted by Gasteiger charge is -2.42. The molecule has 3 fully saturated rings. The van der Waals surface area contributed by atoms with Crippen molar-refractivity contribution in [3.63, 3.8) is 0 Å². The van der Waals surface area contributed by atoms with Crippen LogP contribution in [0.1, 0.15) is 52.5 Å². The number of benzene rings is 1. The van der Waals surface area contributed by atoms with Gasteiger partial charge in [-0.25, -0.2) is 4.79 Å². The molecule has 7 heteroatoms. The Hall–Kier alpha value is -2.35. The molecule has 0 amide bonds. The Labute approximate surface area is 208 Å². The average Bonchev–Trinajstić information content (AvgIpc) is 3.75. The van der Waals surface area contributed by atoms with Crippen LogP contribution in [0.4, 0.5) is 0 Å². The first-order valence-corrected chi connectivity index (χ1v) is 12.4. The van der Waals surface area contributed by atoms with Gasteiger partial charge in [0, 0.05) is 13.2 Å². The molecule has 0 N–H and O–H groups in total. The molecule has 0 bridgehead atoms. The number of allylic oxidation sites excluding steroid dienone is 1. The van der Waals surface area contributed by atoms with Crippen LogP contribution in [0.3, 0.4) is 0 Å². The van der Waals surface area contributed by atoms with E-state index in [1.807, 2.05) is 25.1 Å². The highest BCUT2D eigenvalue weighted by Crippen LogP contribution is 2.59. The monoisotopic (exact) mass is 486 g/mol. The Morgan fingerprint density at radius 1 is 1.23 bits per heavy atom. The quantitative estimate of drug-likeness (QED) is 0.205. The lowest BCUT2D eigenvalue weighted by molar-refractivity contribution is -0.166. The Morgan fingerprint density at radius 2 is 2.00 bits per heavy atom. The van der Waals surface area contributed by atoms with Crippen molar-refractivity contribution < 1.29 is 33.2 Å². The van der Waals surface area contributed by atoms with Crippen molar-refractivity contribution in [1.29, 1.82) is 0 Å². The van der Waals surface area contributed by atoms with Crippen LogP contribution in [0.2, 0.25) is 0 Å². The number of methoxy groups -OCH3 is 2. The standard InChI is InChI=1S/C28H38O7/c1-7-32-20-11-9-19(16-22(20)30-5)10-13-24(29)34-21-14-15-28(17-33-28)26(25(21)31-6)27(4)23(35-27)12-8-18(2)3/h8-11,13,16,21,23,25-26H,7,12,14-15,17H2,1-6H3/b13-10+/t21-,23?,25-,26-,27?,28+/m1/s1. The van der Waals surface area contributed by atoms with Crippen LogP contribution in [0.15, 0.2) is 35.9 Å². The number of hydrogen-bond donors (Lipinski definition) is 0. The van der Waals surface area contributed by atoms with E-state index in [9.17, 15) is 4.79 Å². The second-order valence-corrected chi connectivity index (χ2v) is 10.0. The third-order valence-electron chi connectivity index (χ3n) is 7.40. The van der Waals surface area contributed by atoms with Crippen LogP contribution in [0.25, 0.3) is 6.08 Å². The van der Waals surface area contributed by atoms with E-state index in [-0.39, 0.29) is 35.4 Å². The van der Waals surface area contributed by atoms with E-state index >= 15 is 0 Å².